The van der Waals surface area contributed by atoms with Crippen molar-refractivity contribution in [2.45, 2.75) is 25.1 Å². The first-order valence-electron chi connectivity index (χ1n) is 8.47. The van der Waals surface area contributed by atoms with Gasteiger partial charge in [-0.25, -0.2) is 0 Å². The van der Waals surface area contributed by atoms with Crippen molar-refractivity contribution in [1.82, 2.24) is 20.1 Å². The van der Waals surface area contributed by atoms with E-state index in [1.807, 2.05) is 12.1 Å². The molecule has 8 heteroatoms. The molecule has 26 heavy (non-hydrogen) atoms. The number of pyridine rings is 1. The standard InChI is InChI=1S/C18H20N4O4/c1-23-15-8-13(12-25-14-4-2-6-19-9-14)22(10-15)11-17-20-21-18(26-17)16-5-3-7-24-16/h2-7,9,13,15H,8,10-12H2,1H3/t13-,15+/m0/s1. The summed E-state index contributed by atoms with van der Waals surface area (Å²) in [5.41, 5.74) is 0. The van der Waals surface area contributed by atoms with E-state index in [9.17, 15) is 0 Å². The maximum atomic E-state index is 5.87. The van der Waals surface area contributed by atoms with E-state index in [0.29, 0.717) is 30.7 Å². The van der Waals surface area contributed by atoms with E-state index in [1.54, 1.807) is 37.9 Å². The second kappa shape index (κ2) is 7.67. The van der Waals surface area contributed by atoms with Crippen LogP contribution in [0.1, 0.15) is 12.3 Å². The molecule has 1 aliphatic heterocycles. The number of aromatic nitrogens is 3. The molecule has 0 aromatic carbocycles. The molecule has 3 aromatic heterocycles. The van der Waals surface area contributed by atoms with E-state index in [2.05, 4.69) is 20.1 Å². The van der Waals surface area contributed by atoms with Gasteiger partial charge in [-0.05, 0) is 30.7 Å². The Balaban J connectivity index is 1.41. The molecule has 0 amide bonds. The third-order valence-electron chi connectivity index (χ3n) is 4.44. The summed E-state index contributed by atoms with van der Waals surface area (Å²) in [7, 11) is 1.73. The van der Waals surface area contributed by atoms with Crippen LogP contribution in [0, 0.1) is 0 Å². The fourth-order valence-electron chi connectivity index (χ4n) is 3.09. The summed E-state index contributed by atoms with van der Waals surface area (Å²) in [5, 5.41) is 8.18. The highest BCUT2D eigenvalue weighted by Gasteiger charge is 2.33. The molecule has 3 aromatic rings. The van der Waals surface area contributed by atoms with Crippen molar-refractivity contribution in [1.29, 1.82) is 0 Å². The molecular formula is C18H20N4O4. The van der Waals surface area contributed by atoms with Gasteiger partial charge in [0.1, 0.15) is 12.4 Å². The average molecular weight is 356 g/mol. The van der Waals surface area contributed by atoms with Crippen LogP contribution in [0.2, 0.25) is 0 Å². The van der Waals surface area contributed by atoms with Crippen molar-refractivity contribution in [3.8, 4) is 17.4 Å². The molecular weight excluding hydrogens is 336 g/mol. The minimum Gasteiger partial charge on any atom is -0.490 e. The first kappa shape index (κ1) is 16.7. The Hall–Kier alpha value is -2.71. The van der Waals surface area contributed by atoms with E-state index in [-0.39, 0.29) is 12.1 Å². The molecule has 136 valence electrons. The molecule has 1 saturated heterocycles. The molecule has 0 saturated carbocycles. The first-order valence-corrected chi connectivity index (χ1v) is 8.47. The maximum absolute atomic E-state index is 5.87. The Morgan fingerprint density at radius 3 is 3.00 bits per heavy atom. The van der Waals surface area contributed by atoms with Crippen LogP contribution >= 0.6 is 0 Å². The van der Waals surface area contributed by atoms with E-state index in [0.717, 1.165) is 18.7 Å². The molecule has 0 unspecified atom stereocenters. The molecule has 8 nitrogen and oxygen atoms in total. The van der Waals surface area contributed by atoms with E-state index in [4.69, 9.17) is 18.3 Å². The van der Waals surface area contributed by atoms with Crippen LogP contribution in [-0.2, 0) is 11.3 Å². The zero-order chi connectivity index (χ0) is 17.8. The van der Waals surface area contributed by atoms with Crippen LogP contribution in [0.5, 0.6) is 5.75 Å². The van der Waals surface area contributed by atoms with Gasteiger partial charge >= 0.3 is 0 Å². The number of hydrogen-bond donors (Lipinski definition) is 0. The predicted molar refractivity (Wildman–Crippen MR) is 91.3 cm³/mol. The van der Waals surface area contributed by atoms with Crippen molar-refractivity contribution in [2.75, 3.05) is 20.3 Å². The lowest BCUT2D eigenvalue weighted by molar-refractivity contribution is 0.105. The van der Waals surface area contributed by atoms with Gasteiger partial charge in [0, 0.05) is 25.9 Å². The molecule has 1 aliphatic rings. The topological polar surface area (TPSA) is 86.7 Å². The summed E-state index contributed by atoms with van der Waals surface area (Å²) in [6, 6.07) is 7.52. The lowest BCUT2D eigenvalue weighted by atomic mass is 10.2. The van der Waals surface area contributed by atoms with Crippen LogP contribution < -0.4 is 4.74 Å². The van der Waals surface area contributed by atoms with Gasteiger partial charge in [0.2, 0.25) is 5.89 Å². The van der Waals surface area contributed by atoms with Gasteiger partial charge in [0.25, 0.3) is 5.89 Å². The van der Waals surface area contributed by atoms with Crippen molar-refractivity contribution >= 4 is 0 Å². The van der Waals surface area contributed by atoms with Crippen LogP contribution in [-0.4, -0.2) is 52.5 Å². The highest BCUT2D eigenvalue weighted by molar-refractivity contribution is 5.42. The third kappa shape index (κ3) is 3.76. The van der Waals surface area contributed by atoms with Gasteiger partial charge < -0.3 is 18.3 Å². The minimum absolute atomic E-state index is 0.157. The highest BCUT2D eigenvalue weighted by Crippen LogP contribution is 2.24. The molecule has 0 bridgehead atoms. The Kier molecular flexibility index (Phi) is 4.94. The van der Waals surface area contributed by atoms with Crippen molar-refractivity contribution in [3.63, 3.8) is 0 Å². The molecule has 2 atom stereocenters. The Morgan fingerprint density at radius 1 is 1.27 bits per heavy atom. The van der Waals surface area contributed by atoms with Crippen molar-refractivity contribution in [3.05, 3.63) is 48.8 Å². The molecule has 0 N–H and O–H groups in total. The number of methoxy groups -OCH3 is 1. The summed E-state index contributed by atoms with van der Waals surface area (Å²) in [5.74, 6) is 2.25. The number of rotatable bonds is 7. The quantitative estimate of drug-likeness (QED) is 0.638. The molecule has 0 radical (unpaired) electrons. The fraction of sp³-hybridized carbons (Fsp3) is 0.389. The number of furan rings is 1. The summed E-state index contributed by atoms with van der Waals surface area (Å²) < 4.78 is 22.4. The smallest absolute Gasteiger partial charge is 0.283 e. The second-order valence-electron chi connectivity index (χ2n) is 6.15. The summed E-state index contributed by atoms with van der Waals surface area (Å²) in [4.78, 5) is 6.31. The Bertz CT molecular complexity index is 806. The summed E-state index contributed by atoms with van der Waals surface area (Å²) >= 11 is 0. The Morgan fingerprint density at radius 2 is 2.23 bits per heavy atom. The highest BCUT2D eigenvalue weighted by atomic mass is 16.5. The fourth-order valence-corrected chi connectivity index (χ4v) is 3.09. The van der Waals surface area contributed by atoms with Gasteiger partial charge in [0.05, 0.1) is 25.1 Å². The molecule has 0 aliphatic carbocycles. The second-order valence-corrected chi connectivity index (χ2v) is 6.15. The average Bonchev–Trinajstić information content (AvgIpc) is 3.42. The summed E-state index contributed by atoms with van der Waals surface area (Å²) in [6.07, 6.45) is 6.05. The van der Waals surface area contributed by atoms with E-state index < -0.39 is 0 Å². The molecule has 0 spiro atoms. The third-order valence-corrected chi connectivity index (χ3v) is 4.44. The number of likely N-dealkylation sites (tertiary alicyclic amines) is 1. The Labute approximate surface area is 150 Å². The van der Waals surface area contributed by atoms with Gasteiger partial charge in [-0.1, -0.05) is 0 Å². The van der Waals surface area contributed by atoms with Crippen LogP contribution in [0.4, 0.5) is 0 Å². The first-order chi connectivity index (χ1) is 12.8. The van der Waals surface area contributed by atoms with E-state index >= 15 is 0 Å². The predicted octanol–water partition coefficient (Wildman–Crippen LogP) is 2.39. The monoisotopic (exact) mass is 356 g/mol. The van der Waals surface area contributed by atoms with Crippen molar-refractivity contribution in [2.24, 2.45) is 0 Å². The van der Waals surface area contributed by atoms with Crippen LogP contribution in [0.25, 0.3) is 11.7 Å². The van der Waals surface area contributed by atoms with Gasteiger partial charge in [0.15, 0.2) is 5.76 Å². The number of ether oxygens (including phenoxy) is 2. The summed E-state index contributed by atoms with van der Waals surface area (Å²) in [6.45, 7) is 1.87. The van der Waals surface area contributed by atoms with Crippen LogP contribution in [0.15, 0.2) is 51.8 Å². The zero-order valence-corrected chi connectivity index (χ0v) is 14.4. The zero-order valence-electron chi connectivity index (χ0n) is 14.4. The van der Waals surface area contributed by atoms with E-state index in [1.165, 1.54) is 0 Å². The lowest BCUT2D eigenvalue weighted by Gasteiger charge is -2.22. The molecule has 4 rings (SSSR count). The largest absolute Gasteiger partial charge is 0.490 e. The SMILES string of the molecule is CO[C@@H]1C[C@@H](COc2cccnc2)N(Cc2nnc(-c3ccco3)o2)C1. The normalized spacial score (nSPS) is 20.5. The molecule has 4 heterocycles. The molecule has 1 fully saturated rings. The minimum atomic E-state index is 0.157. The van der Waals surface area contributed by atoms with Gasteiger partial charge in [-0.15, -0.1) is 10.2 Å². The lowest BCUT2D eigenvalue weighted by Crippen LogP contribution is -2.34. The van der Waals surface area contributed by atoms with Crippen molar-refractivity contribution < 1.29 is 18.3 Å². The van der Waals surface area contributed by atoms with Gasteiger partial charge in [-0.2, -0.15) is 0 Å². The van der Waals surface area contributed by atoms with Gasteiger partial charge in [-0.3, -0.25) is 9.88 Å². The van der Waals surface area contributed by atoms with Crippen LogP contribution in [0.3, 0.4) is 0 Å². The number of nitrogens with zero attached hydrogens (tertiary/aromatic N) is 4. The maximum Gasteiger partial charge on any atom is 0.283 e. The number of hydrogen-bond acceptors (Lipinski definition) is 8.